The first kappa shape index (κ1) is 21.4. The van der Waals surface area contributed by atoms with Crippen LogP contribution in [0.2, 0.25) is 0 Å². The molecule has 0 bridgehead atoms. The van der Waals surface area contributed by atoms with E-state index in [4.69, 9.17) is 4.74 Å². The SMILES string of the molecule is CC(C(=O)NCCCN1CCOCC1)(c1ccccc1)c1ccccc1.Cl. The largest absolute Gasteiger partial charge is 0.379 e. The van der Waals surface area contributed by atoms with E-state index >= 15 is 0 Å². The van der Waals surface area contributed by atoms with E-state index in [-0.39, 0.29) is 18.3 Å². The predicted octanol–water partition coefficient (Wildman–Crippen LogP) is 3.25. The van der Waals surface area contributed by atoms with Crippen LogP contribution in [0.4, 0.5) is 0 Å². The Kier molecular flexibility index (Phi) is 8.29. The molecule has 0 radical (unpaired) electrons. The maximum absolute atomic E-state index is 13.2. The van der Waals surface area contributed by atoms with Crippen molar-refractivity contribution in [1.82, 2.24) is 10.2 Å². The number of hydrogen-bond donors (Lipinski definition) is 1. The third-order valence-electron chi connectivity index (χ3n) is 5.20. The molecule has 0 aliphatic carbocycles. The van der Waals surface area contributed by atoms with Crippen molar-refractivity contribution >= 4 is 18.3 Å². The molecule has 146 valence electrons. The van der Waals surface area contributed by atoms with Gasteiger partial charge in [-0.3, -0.25) is 9.69 Å². The van der Waals surface area contributed by atoms with Gasteiger partial charge in [-0.15, -0.1) is 12.4 Å². The molecule has 0 unspecified atom stereocenters. The molecule has 1 saturated heterocycles. The van der Waals surface area contributed by atoms with Crippen molar-refractivity contribution in [3.05, 3.63) is 71.8 Å². The fourth-order valence-electron chi connectivity index (χ4n) is 3.48. The Morgan fingerprint density at radius 1 is 1.00 bits per heavy atom. The summed E-state index contributed by atoms with van der Waals surface area (Å²) in [6.45, 7) is 7.29. The number of rotatable bonds is 7. The van der Waals surface area contributed by atoms with E-state index < -0.39 is 5.41 Å². The Bertz CT molecular complexity index is 648. The van der Waals surface area contributed by atoms with Crippen molar-refractivity contribution < 1.29 is 9.53 Å². The quantitative estimate of drug-likeness (QED) is 0.740. The van der Waals surface area contributed by atoms with Gasteiger partial charge in [-0.05, 0) is 31.0 Å². The lowest BCUT2D eigenvalue weighted by Gasteiger charge is -2.30. The third-order valence-corrected chi connectivity index (χ3v) is 5.20. The van der Waals surface area contributed by atoms with E-state index in [0.29, 0.717) is 6.54 Å². The Morgan fingerprint density at radius 3 is 2.04 bits per heavy atom. The highest BCUT2D eigenvalue weighted by Crippen LogP contribution is 2.32. The number of nitrogens with one attached hydrogen (secondary N) is 1. The van der Waals surface area contributed by atoms with Crippen LogP contribution in [0.25, 0.3) is 0 Å². The van der Waals surface area contributed by atoms with Crippen LogP contribution in [0.3, 0.4) is 0 Å². The van der Waals surface area contributed by atoms with Gasteiger partial charge in [0, 0.05) is 19.6 Å². The van der Waals surface area contributed by atoms with Crippen LogP contribution in [-0.4, -0.2) is 50.2 Å². The van der Waals surface area contributed by atoms with Gasteiger partial charge in [0.1, 0.15) is 0 Å². The number of carbonyl (C=O) groups excluding carboxylic acids is 1. The molecular formula is C22H29ClN2O2. The van der Waals surface area contributed by atoms with Gasteiger partial charge >= 0.3 is 0 Å². The van der Waals surface area contributed by atoms with E-state index in [1.54, 1.807) is 0 Å². The molecule has 0 saturated carbocycles. The lowest BCUT2D eigenvalue weighted by Crippen LogP contribution is -2.44. The zero-order valence-electron chi connectivity index (χ0n) is 15.9. The first-order valence-electron chi connectivity index (χ1n) is 9.41. The van der Waals surface area contributed by atoms with E-state index in [9.17, 15) is 4.79 Å². The van der Waals surface area contributed by atoms with Gasteiger partial charge in [-0.25, -0.2) is 0 Å². The second-order valence-corrected chi connectivity index (χ2v) is 6.92. The third kappa shape index (κ3) is 5.32. The number of benzene rings is 2. The second-order valence-electron chi connectivity index (χ2n) is 6.92. The van der Waals surface area contributed by atoms with Crippen LogP contribution in [0.1, 0.15) is 24.5 Å². The smallest absolute Gasteiger partial charge is 0.234 e. The average Bonchev–Trinajstić information content (AvgIpc) is 2.72. The minimum absolute atomic E-state index is 0. The van der Waals surface area contributed by atoms with E-state index in [1.165, 1.54) is 0 Å². The standard InChI is InChI=1S/C22H28N2O2.ClH/c1-22(19-9-4-2-5-10-19,20-11-6-3-7-12-20)21(25)23-13-8-14-24-15-17-26-18-16-24;/h2-7,9-12H,8,13-18H2,1H3,(H,23,25);1H. The van der Waals surface area contributed by atoms with Crippen molar-refractivity contribution in [3.8, 4) is 0 Å². The van der Waals surface area contributed by atoms with Crippen molar-refractivity contribution in [2.45, 2.75) is 18.8 Å². The minimum Gasteiger partial charge on any atom is -0.379 e. The number of amides is 1. The highest BCUT2D eigenvalue weighted by molar-refractivity contribution is 5.91. The van der Waals surface area contributed by atoms with Gasteiger partial charge in [-0.1, -0.05) is 60.7 Å². The molecule has 0 aromatic heterocycles. The van der Waals surface area contributed by atoms with Crippen LogP contribution in [0, 0.1) is 0 Å². The highest BCUT2D eigenvalue weighted by atomic mass is 35.5. The molecule has 3 rings (SSSR count). The fourth-order valence-corrected chi connectivity index (χ4v) is 3.48. The lowest BCUT2D eigenvalue weighted by atomic mass is 9.75. The van der Waals surface area contributed by atoms with Crippen molar-refractivity contribution in [2.75, 3.05) is 39.4 Å². The number of nitrogens with zero attached hydrogens (tertiary/aromatic N) is 1. The first-order valence-corrected chi connectivity index (χ1v) is 9.41. The molecule has 1 amide bonds. The van der Waals surface area contributed by atoms with Gasteiger partial charge in [0.05, 0.1) is 18.6 Å². The summed E-state index contributed by atoms with van der Waals surface area (Å²) in [7, 11) is 0. The molecule has 0 spiro atoms. The molecule has 27 heavy (non-hydrogen) atoms. The van der Waals surface area contributed by atoms with Crippen LogP contribution in [-0.2, 0) is 14.9 Å². The average molecular weight is 389 g/mol. The zero-order chi connectivity index (χ0) is 18.2. The van der Waals surface area contributed by atoms with Crippen LogP contribution in [0.5, 0.6) is 0 Å². The summed E-state index contributed by atoms with van der Waals surface area (Å²) in [6.07, 6.45) is 0.950. The number of halogens is 1. The maximum atomic E-state index is 13.2. The molecule has 2 aromatic rings. The van der Waals surface area contributed by atoms with Crippen LogP contribution >= 0.6 is 12.4 Å². The van der Waals surface area contributed by atoms with Crippen molar-refractivity contribution in [1.29, 1.82) is 0 Å². The van der Waals surface area contributed by atoms with Gasteiger partial charge in [-0.2, -0.15) is 0 Å². The first-order chi connectivity index (χ1) is 12.7. The number of hydrogen-bond acceptors (Lipinski definition) is 3. The molecule has 4 nitrogen and oxygen atoms in total. The van der Waals surface area contributed by atoms with Crippen molar-refractivity contribution in [3.63, 3.8) is 0 Å². The Hall–Kier alpha value is -1.88. The lowest BCUT2D eigenvalue weighted by molar-refractivity contribution is -0.124. The summed E-state index contributed by atoms with van der Waals surface area (Å²) in [6, 6.07) is 20.0. The molecule has 5 heteroatoms. The van der Waals surface area contributed by atoms with Gasteiger partial charge in [0.15, 0.2) is 0 Å². The van der Waals surface area contributed by atoms with Gasteiger partial charge in [0.25, 0.3) is 0 Å². The van der Waals surface area contributed by atoms with Crippen molar-refractivity contribution in [2.24, 2.45) is 0 Å². The predicted molar refractivity (Wildman–Crippen MR) is 111 cm³/mol. The Balaban J connectivity index is 0.00000261. The van der Waals surface area contributed by atoms with E-state index in [2.05, 4.69) is 10.2 Å². The monoisotopic (exact) mass is 388 g/mol. The molecule has 1 fully saturated rings. The molecule has 1 aliphatic heterocycles. The number of morpholine rings is 1. The Labute approximate surface area is 168 Å². The zero-order valence-corrected chi connectivity index (χ0v) is 16.7. The molecule has 1 N–H and O–H groups in total. The maximum Gasteiger partial charge on any atom is 0.234 e. The van der Waals surface area contributed by atoms with Gasteiger partial charge < -0.3 is 10.1 Å². The number of ether oxygens (including phenoxy) is 1. The summed E-state index contributed by atoms with van der Waals surface area (Å²) in [5.74, 6) is 0.0527. The number of carbonyl (C=O) groups is 1. The van der Waals surface area contributed by atoms with Gasteiger partial charge in [0.2, 0.25) is 5.91 Å². The molecule has 1 aliphatic rings. The molecular weight excluding hydrogens is 360 g/mol. The topological polar surface area (TPSA) is 41.6 Å². The summed E-state index contributed by atoms with van der Waals surface area (Å²) in [4.78, 5) is 15.6. The Morgan fingerprint density at radius 2 is 1.52 bits per heavy atom. The van der Waals surface area contributed by atoms with Crippen LogP contribution < -0.4 is 5.32 Å². The molecule has 2 aromatic carbocycles. The normalized spacial score (nSPS) is 15.0. The summed E-state index contributed by atoms with van der Waals surface area (Å²) >= 11 is 0. The summed E-state index contributed by atoms with van der Waals surface area (Å²) < 4.78 is 5.38. The molecule has 0 atom stereocenters. The fraction of sp³-hybridized carbons (Fsp3) is 0.409. The second kappa shape index (κ2) is 10.5. The van der Waals surface area contributed by atoms with Crippen LogP contribution in [0.15, 0.2) is 60.7 Å². The highest BCUT2D eigenvalue weighted by Gasteiger charge is 2.36. The van der Waals surface area contributed by atoms with E-state index in [1.807, 2.05) is 67.6 Å². The van der Waals surface area contributed by atoms with E-state index in [0.717, 1.165) is 50.4 Å². The summed E-state index contributed by atoms with van der Waals surface area (Å²) in [5, 5.41) is 3.16. The minimum atomic E-state index is -0.693. The molecule has 1 heterocycles. The summed E-state index contributed by atoms with van der Waals surface area (Å²) in [5.41, 5.74) is 1.33.